The smallest absolute Gasteiger partial charge is 0.254 e. The van der Waals surface area contributed by atoms with Gasteiger partial charge in [0.2, 0.25) is 11.8 Å². The molecule has 2 aromatic carbocycles. The highest BCUT2D eigenvalue weighted by atomic mass is 32.1. The second-order valence-electron chi connectivity index (χ2n) is 8.28. The van der Waals surface area contributed by atoms with E-state index in [1.165, 1.54) is 9.91 Å². The number of nitrogens with zero attached hydrogens (tertiary/aromatic N) is 2. The molecule has 1 fully saturated rings. The van der Waals surface area contributed by atoms with Gasteiger partial charge in [-0.1, -0.05) is 50.1 Å². The van der Waals surface area contributed by atoms with Crippen LogP contribution < -0.4 is 15.5 Å². The predicted molar refractivity (Wildman–Crippen MR) is 138 cm³/mol. The van der Waals surface area contributed by atoms with Crippen LogP contribution in [0.3, 0.4) is 0 Å². The average Bonchev–Trinajstić information content (AvgIpc) is 3.05. The van der Waals surface area contributed by atoms with Crippen molar-refractivity contribution in [3.63, 3.8) is 0 Å². The molecule has 1 aliphatic rings. The molecule has 35 heavy (non-hydrogen) atoms. The standard InChI is InChI=1S/C26H32N4O4S/c1-3-5-7-12-23(31)28-30-22(17-24(32)27-20-13-15-21(16-14-20)34-4-2)25(33)29(26(30)35)18-19-10-8-6-9-11-19/h6,8-11,13-16,22H,3-5,7,12,17-18H2,1-2H3,(H,27,32)(H,28,31). The minimum atomic E-state index is -0.927. The Morgan fingerprint density at radius 2 is 1.71 bits per heavy atom. The van der Waals surface area contributed by atoms with Gasteiger partial charge in [0, 0.05) is 12.1 Å². The van der Waals surface area contributed by atoms with Crippen LogP contribution in [-0.2, 0) is 20.9 Å². The number of thiocarbonyl (C=S) groups is 1. The summed E-state index contributed by atoms with van der Waals surface area (Å²) >= 11 is 5.56. The highest BCUT2D eigenvalue weighted by Gasteiger charge is 2.44. The van der Waals surface area contributed by atoms with Crippen LogP contribution in [0.4, 0.5) is 5.69 Å². The number of nitrogens with one attached hydrogen (secondary N) is 2. The topological polar surface area (TPSA) is 91.0 Å². The van der Waals surface area contributed by atoms with Crippen LogP contribution in [0.1, 0.15) is 51.5 Å². The van der Waals surface area contributed by atoms with Crippen LogP contribution >= 0.6 is 12.2 Å². The molecule has 0 aliphatic carbocycles. The first-order valence-electron chi connectivity index (χ1n) is 11.9. The molecule has 3 rings (SSSR count). The fraction of sp³-hybridized carbons (Fsp3) is 0.385. The number of rotatable bonds is 12. The van der Waals surface area contributed by atoms with Crippen LogP contribution in [0.5, 0.6) is 5.75 Å². The summed E-state index contributed by atoms with van der Waals surface area (Å²) in [6.07, 6.45) is 2.84. The molecule has 2 N–H and O–H groups in total. The van der Waals surface area contributed by atoms with E-state index < -0.39 is 6.04 Å². The molecule has 2 aromatic rings. The van der Waals surface area contributed by atoms with Gasteiger partial charge in [-0.2, -0.15) is 0 Å². The number of ether oxygens (including phenoxy) is 1. The number of hydrogen-bond acceptors (Lipinski definition) is 5. The van der Waals surface area contributed by atoms with Crippen molar-refractivity contribution in [1.29, 1.82) is 0 Å². The van der Waals surface area contributed by atoms with Gasteiger partial charge >= 0.3 is 0 Å². The minimum absolute atomic E-state index is 0.160. The SMILES string of the molecule is CCCCCC(=O)NN1C(=S)N(Cc2ccccc2)C(=O)C1CC(=O)Nc1ccc(OCC)cc1. The zero-order chi connectivity index (χ0) is 25.2. The van der Waals surface area contributed by atoms with Crippen molar-refractivity contribution in [2.45, 2.75) is 58.5 Å². The number of hydrazine groups is 1. The molecule has 1 atom stereocenters. The maximum Gasteiger partial charge on any atom is 0.254 e. The van der Waals surface area contributed by atoms with Crippen molar-refractivity contribution in [1.82, 2.24) is 15.3 Å². The Bertz CT molecular complexity index is 1030. The molecule has 0 saturated carbocycles. The molecule has 186 valence electrons. The highest BCUT2D eigenvalue weighted by Crippen LogP contribution is 2.23. The van der Waals surface area contributed by atoms with Crippen molar-refractivity contribution in [2.75, 3.05) is 11.9 Å². The fourth-order valence-electron chi connectivity index (χ4n) is 3.78. The number of anilines is 1. The maximum atomic E-state index is 13.3. The van der Waals surface area contributed by atoms with Crippen molar-refractivity contribution < 1.29 is 19.1 Å². The molecule has 1 unspecified atom stereocenters. The highest BCUT2D eigenvalue weighted by molar-refractivity contribution is 7.80. The first-order valence-corrected chi connectivity index (χ1v) is 12.3. The van der Waals surface area contributed by atoms with E-state index in [-0.39, 0.29) is 35.8 Å². The molecule has 1 heterocycles. The van der Waals surface area contributed by atoms with Crippen LogP contribution in [0, 0.1) is 0 Å². The van der Waals surface area contributed by atoms with E-state index in [4.69, 9.17) is 17.0 Å². The Kier molecular flexibility index (Phi) is 9.60. The van der Waals surface area contributed by atoms with Crippen molar-refractivity contribution in [3.8, 4) is 5.75 Å². The van der Waals surface area contributed by atoms with Gasteiger partial charge in [-0.05, 0) is 55.4 Å². The predicted octanol–water partition coefficient (Wildman–Crippen LogP) is 4.02. The lowest BCUT2D eigenvalue weighted by molar-refractivity contribution is -0.133. The Morgan fingerprint density at radius 1 is 1.00 bits per heavy atom. The van der Waals surface area contributed by atoms with E-state index in [2.05, 4.69) is 17.7 Å². The molecule has 9 heteroatoms. The molecule has 8 nitrogen and oxygen atoms in total. The quantitative estimate of drug-likeness (QED) is 0.341. The lowest BCUT2D eigenvalue weighted by atomic mass is 10.1. The Morgan fingerprint density at radius 3 is 2.37 bits per heavy atom. The summed E-state index contributed by atoms with van der Waals surface area (Å²) in [5.74, 6) is -0.209. The molecule has 1 aliphatic heterocycles. The molecule has 0 bridgehead atoms. The monoisotopic (exact) mass is 496 g/mol. The van der Waals surface area contributed by atoms with E-state index in [1.807, 2.05) is 37.3 Å². The third-order valence-electron chi connectivity index (χ3n) is 5.56. The van der Waals surface area contributed by atoms with Crippen LogP contribution in [0.25, 0.3) is 0 Å². The van der Waals surface area contributed by atoms with Crippen molar-refractivity contribution in [3.05, 3.63) is 60.2 Å². The second kappa shape index (κ2) is 12.9. The van der Waals surface area contributed by atoms with E-state index >= 15 is 0 Å². The lowest BCUT2D eigenvalue weighted by Gasteiger charge is -2.24. The second-order valence-corrected chi connectivity index (χ2v) is 8.65. The molecular formula is C26H32N4O4S. The number of carbonyl (C=O) groups excluding carboxylic acids is 3. The number of carbonyl (C=O) groups is 3. The van der Waals surface area contributed by atoms with Gasteiger partial charge in [0.1, 0.15) is 11.8 Å². The summed E-state index contributed by atoms with van der Waals surface area (Å²) in [6.45, 7) is 4.77. The van der Waals surface area contributed by atoms with Gasteiger partial charge in [0.25, 0.3) is 5.91 Å². The molecule has 3 amide bonds. The minimum Gasteiger partial charge on any atom is -0.494 e. The maximum absolute atomic E-state index is 13.3. The lowest BCUT2D eigenvalue weighted by Crippen LogP contribution is -2.49. The largest absolute Gasteiger partial charge is 0.494 e. The van der Waals surface area contributed by atoms with Gasteiger partial charge in [-0.15, -0.1) is 0 Å². The van der Waals surface area contributed by atoms with Gasteiger partial charge in [-0.3, -0.25) is 24.7 Å². The summed E-state index contributed by atoms with van der Waals surface area (Å²) in [6, 6.07) is 15.5. The van der Waals surface area contributed by atoms with Crippen LogP contribution in [-0.4, -0.2) is 45.4 Å². The van der Waals surface area contributed by atoms with Gasteiger partial charge in [0.15, 0.2) is 5.11 Å². The third-order valence-corrected chi connectivity index (χ3v) is 5.98. The molecule has 0 aromatic heterocycles. The number of amides is 3. The summed E-state index contributed by atoms with van der Waals surface area (Å²) < 4.78 is 5.42. The van der Waals surface area contributed by atoms with Gasteiger partial charge in [0.05, 0.1) is 19.6 Å². The van der Waals surface area contributed by atoms with Gasteiger partial charge in [-0.25, -0.2) is 5.01 Å². The summed E-state index contributed by atoms with van der Waals surface area (Å²) in [5, 5.41) is 4.36. The summed E-state index contributed by atoms with van der Waals surface area (Å²) in [5.41, 5.74) is 4.25. The summed E-state index contributed by atoms with van der Waals surface area (Å²) in [7, 11) is 0. The number of hydrogen-bond donors (Lipinski definition) is 2. The molecule has 1 saturated heterocycles. The summed E-state index contributed by atoms with van der Waals surface area (Å²) in [4.78, 5) is 40.1. The van der Waals surface area contributed by atoms with Crippen LogP contribution in [0.2, 0.25) is 0 Å². The van der Waals surface area contributed by atoms with E-state index in [1.54, 1.807) is 24.3 Å². The first kappa shape index (κ1) is 26.2. The molecule has 0 radical (unpaired) electrons. The van der Waals surface area contributed by atoms with Crippen LogP contribution in [0.15, 0.2) is 54.6 Å². The van der Waals surface area contributed by atoms with E-state index in [0.717, 1.165) is 24.8 Å². The van der Waals surface area contributed by atoms with Crippen molar-refractivity contribution in [2.24, 2.45) is 0 Å². The Labute approximate surface area is 211 Å². The molecule has 0 spiro atoms. The van der Waals surface area contributed by atoms with Gasteiger partial charge < -0.3 is 10.1 Å². The molecular weight excluding hydrogens is 464 g/mol. The van der Waals surface area contributed by atoms with Crippen molar-refractivity contribution >= 4 is 40.7 Å². The van der Waals surface area contributed by atoms with E-state index in [9.17, 15) is 14.4 Å². The van der Waals surface area contributed by atoms with E-state index in [0.29, 0.717) is 24.5 Å². The fourth-order valence-corrected chi connectivity index (χ4v) is 4.11. The zero-order valence-corrected chi connectivity index (χ0v) is 21.0. The average molecular weight is 497 g/mol. The third kappa shape index (κ3) is 7.26. The Balaban J connectivity index is 1.72. The zero-order valence-electron chi connectivity index (χ0n) is 20.2. The normalized spacial score (nSPS) is 15.3. The number of unbranched alkanes of at least 4 members (excludes halogenated alkanes) is 2. The Hall–Kier alpha value is -3.46. The first-order chi connectivity index (χ1) is 16.9. The number of benzene rings is 2.